The standard InChI is InChI=1S/C38H49N7O10/c1-19(46)28-35(51)45-29-30(53-37-31(29)54-38(2,3)55-37)36(52)43-26(16-20-11-13-22(47)14-12-20)33(49)42-27(17-21-18-40-24-9-5-4-8-23(21)24)34(50)41-25(32(48)44-28)10-6-7-15-39/h4-5,8-9,11-14,18-19,25-31,37,40,46-47H,6-7,10,15-17,39H2,1-3H3,(H,41,50)(H,42,49)(H,43,52)(H,44,48)(H,45,51)/t19?,25-,26-,27+,28-,29+,30-,31?,37+/m0/s1. The first-order valence-electron chi connectivity index (χ1n) is 18.5. The second kappa shape index (κ2) is 16.7. The lowest BCUT2D eigenvalue weighted by atomic mass is 9.99. The van der Waals surface area contributed by atoms with Gasteiger partial charge in [0.05, 0.1) is 12.1 Å². The number of ether oxygens (including phenoxy) is 3. The van der Waals surface area contributed by atoms with Crippen molar-refractivity contribution in [2.75, 3.05) is 6.54 Å². The first-order valence-corrected chi connectivity index (χ1v) is 18.5. The van der Waals surface area contributed by atoms with Crippen molar-refractivity contribution in [3.05, 3.63) is 65.9 Å². The Labute approximate surface area is 317 Å². The van der Waals surface area contributed by atoms with Gasteiger partial charge in [0.2, 0.25) is 23.6 Å². The van der Waals surface area contributed by atoms with Gasteiger partial charge in [0.15, 0.2) is 18.2 Å². The number of rotatable bonds is 9. The van der Waals surface area contributed by atoms with Crippen LogP contribution in [0, 0.1) is 0 Å². The number of aromatic amines is 1. The molecule has 0 saturated carbocycles. The van der Waals surface area contributed by atoms with Crippen molar-refractivity contribution in [1.29, 1.82) is 0 Å². The maximum absolute atomic E-state index is 14.3. The molecule has 3 aliphatic heterocycles. The van der Waals surface area contributed by atoms with E-state index in [1.807, 2.05) is 24.3 Å². The zero-order valence-corrected chi connectivity index (χ0v) is 30.9. The molecule has 4 heterocycles. The Hall–Kier alpha value is -5.07. The summed E-state index contributed by atoms with van der Waals surface area (Å²) in [6.07, 6.45) is -2.14. The van der Waals surface area contributed by atoms with E-state index in [1.54, 1.807) is 32.2 Å². The van der Waals surface area contributed by atoms with E-state index in [-0.39, 0.29) is 25.0 Å². The Balaban J connectivity index is 1.40. The maximum atomic E-state index is 14.3. The molecule has 55 heavy (non-hydrogen) atoms. The van der Waals surface area contributed by atoms with Crippen molar-refractivity contribution < 1.29 is 48.4 Å². The number of nitrogens with two attached hydrogens (primary N) is 1. The normalized spacial score (nSPS) is 29.4. The predicted octanol–water partition coefficient (Wildman–Crippen LogP) is -0.517. The van der Waals surface area contributed by atoms with Gasteiger partial charge in [-0.2, -0.15) is 0 Å². The monoisotopic (exact) mass is 763 g/mol. The molecule has 2 unspecified atom stereocenters. The summed E-state index contributed by atoms with van der Waals surface area (Å²) in [5.41, 5.74) is 7.82. The van der Waals surface area contributed by atoms with Gasteiger partial charge in [-0.3, -0.25) is 24.0 Å². The number of aromatic nitrogens is 1. The molecule has 0 spiro atoms. The van der Waals surface area contributed by atoms with Gasteiger partial charge in [0.1, 0.15) is 36.0 Å². The van der Waals surface area contributed by atoms with Crippen LogP contribution in [0.1, 0.15) is 51.2 Å². The van der Waals surface area contributed by atoms with Gasteiger partial charge < -0.3 is 61.7 Å². The van der Waals surface area contributed by atoms with Gasteiger partial charge in [-0.15, -0.1) is 0 Å². The lowest BCUT2D eigenvalue weighted by Gasteiger charge is -2.31. The van der Waals surface area contributed by atoms with Crippen molar-refractivity contribution in [1.82, 2.24) is 31.6 Å². The van der Waals surface area contributed by atoms with Gasteiger partial charge in [0, 0.05) is 29.9 Å². The summed E-state index contributed by atoms with van der Waals surface area (Å²) >= 11 is 0. The third-order valence-corrected chi connectivity index (χ3v) is 10.00. The summed E-state index contributed by atoms with van der Waals surface area (Å²) in [4.78, 5) is 73.7. The van der Waals surface area contributed by atoms with E-state index in [2.05, 4.69) is 31.6 Å². The number of H-pyrrole nitrogens is 1. The van der Waals surface area contributed by atoms with E-state index >= 15 is 0 Å². The molecule has 1 aromatic heterocycles. The zero-order valence-electron chi connectivity index (χ0n) is 30.9. The molecule has 3 aliphatic rings. The van der Waals surface area contributed by atoms with E-state index in [9.17, 15) is 34.2 Å². The Morgan fingerprint density at radius 3 is 2.15 bits per heavy atom. The summed E-state index contributed by atoms with van der Waals surface area (Å²) in [6.45, 7) is 4.94. The van der Waals surface area contributed by atoms with E-state index in [0.29, 0.717) is 30.5 Å². The molecule has 296 valence electrons. The highest BCUT2D eigenvalue weighted by Gasteiger charge is 2.58. The zero-order chi connectivity index (χ0) is 39.4. The van der Waals surface area contributed by atoms with Crippen LogP contribution >= 0.6 is 0 Å². The first kappa shape index (κ1) is 39.6. The lowest BCUT2D eigenvalue weighted by molar-refractivity contribution is -0.208. The molecule has 10 N–H and O–H groups in total. The Bertz CT molecular complexity index is 1880. The van der Waals surface area contributed by atoms with Crippen LogP contribution in [0.3, 0.4) is 0 Å². The van der Waals surface area contributed by atoms with Crippen LogP contribution in [-0.2, 0) is 51.0 Å². The Morgan fingerprint density at radius 2 is 1.44 bits per heavy atom. The molecular weight excluding hydrogens is 714 g/mol. The Morgan fingerprint density at radius 1 is 0.782 bits per heavy atom. The van der Waals surface area contributed by atoms with Gasteiger partial charge in [-0.05, 0) is 75.9 Å². The fourth-order valence-corrected chi connectivity index (χ4v) is 7.17. The number of aromatic hydroxyl groups is 1. The van der Waals surface area contributed by atoms with Gasteiger partial charge >= 0.3 is 0 Å². The maximum Gasteiger partial charge on any atom is 0.252 e. The summed E-state index contributed by atoms with van der Waals surface area (Å²) in [6, 6.07) is 7.07. The minimum atomic E-state index is -1.52. The topological polar surface area (TPSA) is 255 Å². The number of phenolic OH excluding ortho intramolecular Hbond substituents is 1. The van der Waals surface area contributed by atoms with E-state index in [0.717, 1.165) is 10.9 Å². The highest BCUT2D eigenvalue weighted by molar-refractivity contribution is 5.97. The quantitative estimate of drug-likeness (QED) is 0.125. The van der Waals surface area contributed by atoms with Crippen molar-refractivity contribution >= 4 is 40.4 Å². The van der Waals surface area contributed by atoms with Crippen molar-refractivity contribution in [3.63, 3.8) is 0 Å². The highest BCUT2D eigenvalue weighted by Crippen LogP contribution is 2.37. The second-order valence-corrected chi connectivity index (χ2v) is 14.7. The molecule has 0 bridgehead atoms. The number of hydrogen-bond acceptors (Lipinski definition) is 11. The first-order chi connectivity index (χ1) is 26.2. The smallest absolute Gasteiger partial charge is 0.252 e. The summed E-state index contributed by atoms with van der Waals surface area (Å²) in [5.74, 6) is -4.96. The molecular formula is C38H49N7O10. The summed E-state index contributed by atoms with van der Waals surface area (Å²) in [5, 5.41) is 35.1. The molecule has 17 heteroatoms. The third-order valence-electron chi connectivity index (χ3n) is 10.00. The number of carbonyl (C=O) groups excluding carboxylic acids is 5. The largest absolute Gasteiger partial charge is 0.508 e. The number of unbranched alkanes of at least 4 members (excludes halogenated alkanes) is 1. The SMILES string of the molecule is CC(O)[C@@H]1NC(=O)[C@H](CCCCN)NC(=O)[C@@H](Cc2c[nH]c3ccccc23)NC(=O)[C@H](Cc2ccc(O)cc2)NC(=O)[C@H]2O[C@@H]3OC(C)(C)OC3[C@@H]2NC1=O. The molecule has 0 aliphatic carbocycles. The van der Waals surface area contributed by atoms with Crippen molar-refractivity contribution in [2.45, 2.75) is 113 Å². The van der Waals surface area contributed by atoms with Crippen LogP contribution < -0.4 is 32.3 Å². The molecule has 5 amide bonds. The number of fused-ring (bicyclic) bond motifs is 4. The van der Waals surface area contributed by atoms with Gasteiger partial charge in [-0.25, -0.2) is 0 Å². The number of phenols is 1. The number of hydrogen-bond donors (Lipinski definition) is 9. The molecule has 3 saturated heterocycles. The average Bonchev–Trinajstić information content (AvgIpc) is 3.79. The van der Waals surface area contributed by atoms with E-state index < -0.39 is 90.1 Å². The summed E-state index contributed by atoms with van der Waals surface area (Å²) < 4.78 is 17.9. The molecule has 0 radical (unpaired) electrons. The number of para-hydroxylation sites is 1. The van der Waals surface area contributed by atoms with E-state index in [4.69, 9.17) is 19.9 Å². The van der Waals surface area contributed by atoms with Gasteiger partial charge in [0.25, 0.3) is 5.91 Å². The number of carbonyl (C=O) groups is 5. The fraction of sp³-hybridized carbons (Fsp3) is 0.500. The molecule has 17 nitrogen and oxygen atoms in total. The molecule has 2 aromatic carbocycles. The number of aliphatic hydroxyl groups excluding tert-OH is 1. The number of nitrogens with one attached hydrogen (secondary N) is 6. The molecule has 6 rings (SSSR count). The van der Waals surface area contributed by atoms with Gasteiger partial charge in [-0.1, -0.05) is 30.3 Å². The number of benzene rings is 2. The minimum Gasteiger partial charge on any atom is -0.508 e. The van der Waals surface area contributed by atoms with Crippen LogP contribution in [0.4, 0.5) is 0 Å². The van der Waals surface area contributed by atoms with Crippen LogP contribution in [0.5, 0.6) is 5.75 Å². The lowest BCUT2D eigenvalue weighted by Crippen LogP contribution is -2.64. The van der Waals surface area contributed by atoms with Crippen LogP contribution in [-0.4, -0.2) is 112 Å². The molecule has 3 fully saturated rings. The molecule has 9 atom stereocenters. The highest BCUT2D eigenvalue weighted by atomic mass is 16.8. The average molecular weight is 764 g/mol. The summed E-state index contributed by atoms with van der Waals surface area (Å²) in [7, 11) is 0. The molecule has 3 aromatic rings. The predicted molar refractivity (Wildman–Crippen MR) is 197 cm³/mol. The van der Waals surface area contributed by atoms with Crippen LogP contribution in [0.2, 0.25) is 0 Å². The fourth-order valence-electron chi connectivity index (χ4n) is 7.17. The third kappa shape index (κ3) is 9.25. The number of aliphatic hydroxyl groups is 1. The van der Waals surface area contributed by atoms with Crippen LogP contribution in [0.15, 0.2) is 54.7 Å². The van der Waals surface area contributed by atoms with Crippen molar-refractivity contribution in [3.8, 4) is 5.75 Å². The Kier molecular flexibility index (Phi) is 12.1. The minimum absolute atomic E-state index is 0.00105. The van der Waals surface area contributed by atoms with Crippen LogP contribution in [0.25, 0.3) is 10.9 Å². The second-order valence-electron chi connectivity index (χ2n) is 14.7. The van der Waals surface area contributed by atoms with Crippen molar-refractivity contribution in [2.24, 2.45) is 5.73 Å². The number of amides is 5. The van der Waals surface area contributed by atoms with E-state index in [1.165, 1.54) is 19.1 Å².